The Balaban J connectivity index is 2.02. The Bertz CT molecular complexity index is 278. The lowest BCUT2D eigenvalue weighted by Crippen LogP contribution is -2.38. The summed E-state index contributed by atoms with van der Waals surface area (Å²) in [6.07, 6.45) is 1.68. The molecule has 1 fully saturated rings. The van der Waals surface area contributed by atoms with E-state index in [0.717, 1.165) is 0 Å². The SMILES string of the molecule is Clc1cc(OC2COC2)cnn1. The van der Waals surface area contributed by atoms with Gasteiger partial charge in [-0.25, -0.2) is 0 Å². The van der Waals surface area contributed by atoms with Gasteiger partial charge in [0.15, 0.2) is 5.15 Å². The molecule has 0 bridgehead atoms. The normalized spacial score (nSPS) is 17.1. The predicted octanol–water partition coefficient (Wildman–Crippen LogP) is 0.908. The Morgan fingerprint density at radius 2 is 2.42 bits per heavy atom. The van der Waals surface area contributed by atoms with Gasteiger partial charge >= 0.3 is 0 Å². The van der Waals surface area contributed by atoms with Crippen molar-refractivity contribution in [3.63, 3.8) is 0 Å². The summed E-state index contributed by atoms with van der Waals surface area (Å²) in [6, 6.07) is 1.63. The highest BCUT2D eigenvalue weighted by atomic mass is 35.5. The van der Waals surface area contributed by atoms with Crippen molar-refractivity contribution in [3.05, 3.63) is 17.4 Å². The molecule has 4 nitrogen and oxygen atoms in total. The second-order valence-corrected chi connectivity index (χ2v) is 2.88. The van der Waals surface area contributed by atoms with Crippen molar-refractivity contribution in [2.75, 3.05) is 13.2 Å². The molecule has 0 unspecified atom stereocenters. The van der Waals surface area contributed by atoms with Gasteiger partial charge in [-0.3, -0.25) is 0 Å². The Morgan fingerprint density at radius 3 is 3.00 bits per heavy atom. The Labute approximate surface area is 74.5 Å². The number of halogens is 1. The highest BCUT2D eigenvalue weighted by molar-refractivity contribution is 6.29. The summed E-state index contributed by atoms with van der Waals surface area (Å²) in [5, 5.41) is 7.58. The number of rotatable bonds is 2. The molecule has 1 aromatic heterocycles. The molecule has 1 saturated heterocycles. The number of hydrogen-bond donors (Lipinski definition) is 0. The molecule has 0 amide bonds. The number of nitrogens with zero attached hydrogens (tertiary/aromatic N) is 2. The van der Waals surface area contributed by atoms with Crippen LogP contribution in [0.2, 0.25) is 5.15 Å². The third-order valence-electron chi connectivity index (χ3n) is 1.51. The fourth-order valence-electron chi connectivity index (χ4n) is 0.863. The average molecular weight is 187 g/mol. The summed E-state index contributed by atoms with van der Waals surface area (Å²) in [5.74, 6) is 0.642. The van der Waals surface area contributed by atoms with E-state index in [9.17, 15) is 0 Å². The lowest BCUT2D eigenvalue weighted by molar-refractivity contribution is -0.0798. The first-order chi connectivity index (χ1) is 5.84. The van der Waals surface area contributed by atoms with Crippen LogP contribution in [0.3, 0.4) is 0 Å². The molecule has 1 aliphatic rings. The van der Waals surface area contributed by atoms with E-state index in [1.54, 1.807) is 6.07 Å². The zero-order chi connectivity index (χ0) is 8.39. The monoisotopic (exact) mass is 186 g/mol. The van der Waals surface area contributed by atoms with Gasteiger partial charge in [0, 0.05) is 6.07 Å². The first-order valence-corrected chi connectivity index (χ1v) is 3.95. The topological polar surface area (TPSA) is 44.2 Å². The van der Waals surface area contributed by atoms with E-state index in [1.807, 2.05) is 0 Å². The zero-order valence-corrected chi connectivity index (χ0v) is 6.99. The lowest BCUT2D eigenvalue weighted by atomic mass is 10.3. The summed E-state index contributed by atoms with van der Waals surface area (Å²) in [4.78, 5) is 0. The second kappa shape index (κ2) is 3.25. The first kappa shape index (κ1) is 7.76. The molecule has 0 aliphatic carbocycles. The summed E-state index contributed by atoms with van der Waals surface area (Å²) in [7, 11) is 0. The van der Waals surface area contributed by atoms with E-state index in [0.29, 0.717) is 24.1 Å². The first-order valence-electron chi connectivity index (χ1n) is 3.57. The van der Waals surface area contributed by atoms with Crippen molar-refractivity contribution in [1.82, 2.24) is 10.2 Å². The number of aromatic nitrogens is 2. The molecule has 12 heavy (non-hydrogen) atoms. The predicted molar refractivity (Wildman–Crippen MR) is 42.3 cm³/mol. The van der Waals surface area contributed by atoms with Crippen LogP contribution in [0.5, 0.6) is 5.75 Å². The molecule has 0 saturated carbocycles. The van der Waals surface area contributed by atoms with Crippen LogP contribution in [0.25, 0.3) is 0 Å². The van der Waals surface area contributed by atoms with Crippen LogP contribution in [0.4, 0.5) is 0 Å². The quantitative estimate of drug-likeness (QED) is 0.689. The molecule has 5 heteroatoms. The largest absolute Gasteiger partial charge is 0.484 e. The molecule has 0 spiro atoms. The van der Waals surface area contributed by atoms with Gasteiger partial charge in [-0.05, 0) is 0 Å². The molecule has 1 aliphatic heterocycles. The van der Waals surface area contributed by atoms with Crippen LogP contribution in [-0.2, 0) is 4.74 Å². The van der Waals surface area contributed by atoms with Gasteiger partial charge in [-0.2, -0.15) is 5.10 Å². The van der Waals surface area contributed by atoms with Gasteiger partial charge < -0.3 is 9.47 Å². The van der Waals surface area contributed by atoms with Crippen LogP contribution in [0.1, 0.15) is 0 Å². The van der Waals surface area contributed by atoms with Gasteiger partial charge in [0.1, 0.15) is 11.9 Å². The highest BCUT2D eigenvalue weighted by Gasteiger charge is 2.20. The van der Waals surface area contributed by atoms with E-state index >= 15 is 0 Å². The summed E-state index contributed by atoms with van der Waals surface area (Å²) >= 11 is 5.60. The zero-order valence-electron chi connectivity index (χ0n) is 6.24. The Hall–Kier alpha value is -0.870. The van der Waals surface area contributed by atoms with Crippen molar-refractivity contribution < 1.29 is 9.47 Å². The van der Waals surface area contributed by atoms with Crippen molar-refractivity contribution in [2.24, 2.45) is 0 Å². The Kier molecular flexibility index (Phi) is 2.10. The van der Waals surface area contributed by atoms with Crippen LogP contribution < -0.4 is 4.74 Å². The van der Waals surface area contributed by atoms with E-state index in [1.165, 1.54) is 6.20 Å². The van der Waals surface area contributed by atoms with Crippen LogP contribution >= 0.6 is 11.6 Å². The van der Waals surface area contributed by atoms with Crippen LogP contribution in [0.15, 0.2) is 12.3 Å². The van der Waals surface area contributed by atoms with Gasteiger partial charge in [0.25, 0.3) is 0 Å². The smallest absolute Gasteiger partial charge is 0.155 e. The summed E-state index contributed by atoms with van der Waals surface area (Å²) < 4.78 is 10.4. The van der Waals surface area contributed by atoms with Crippen molar-refractivity contribution in [3.8, 4) is 5.75 Å². The van der Waals surface area contributed by atoms with Crippen molar-refractivity contribution in [1.29, 1.82) is 0 Å². The Morgan fingerprint density at radius 1 is 1.58 bits per heavy atom. The minimum atomic E-state index is 0.144. The van der Waals surface area contributed by atoms with Crippen LogP contribution in [0, 0.1) is 0 Å². The molecule has 0 N–H and O–H groups in total. The summed E-state index contributed by atoms with van der Waals surface area (Å²) in [6.45, 7) is 1.28. The van der Waals surface area contributed by atoms with Gasteiger partial charge in [0.2, 0.25) is 0 Å². The molecule has 64 valence electrons. The maximum Gasteiger partial charge on any atom is 0.155 e. The maximum absolute atomic E-state index is 5.60. The van der Waals surface area contributed by atoms with E-state index in [4.69, 9.17) is 21.1 Å². The van der Waals surface area contributed by atoms with E-state index in [-0.39, 0.29) is 6.10 Å². The molecule has 0 aromatic carbocycles. The van der Waals surface area contributed by atoms with Gasteiger partial charge in [0.05, 0.1) is 19.4 Å². The molecular weight excluding hydrogens is 180 g/mol. The third kappa shape index (κ3) is 1.65. The molecule has 2 rings (SSSR count). The van der Waals surface area contributed by atoms with Crippen molar-refractivity contribution >= 4 is 11.6 Å². The minimum Gasteiger partial charge on any atom is -0.484 e. The van der Waals surface area contributed by atoms with Crippen LogP contribution in [-0.4, -0.2) is 29.5 Å². The summed E-state index contributed by atoms with van der Waals surface area (Å²) in [5.41, 5.74) is 0. The number of hydrogen-bond acceptors (Lipinski definition) is 4. The molecular formula is C7H7ClN2O2. The van der Waals surface area contributed by atoms with E-state index < -0.39 is 0 Å². The fraction of sp³-hybridized carbons (Fsp3) is 0.429. The molecule has 0 radical (unpaired) electrons. The number of ether oxygens (including phenoxy) is 2. The lowest BCUT2D eigenvalue weighted by Gasteiger charge is -2.26. The minimum absolute atomic E-state index is 0.144. The molecule has 0 atom stereocenters. The highest BCUT2D eigenvalue weighted by Crippen LogP contribution is 2.16. The van der Waals surface area contributed by atoms with Gasteiger partial charge in [-0.15, -0.1) is 5.10 Å². The molecule has 1 aromatic rings. The van der Waals surface area contributed by atoms with Crippen molar-refractivity contribution in [2.45, 2.75) is 6.10 Å². The maximum atomic E-state index is 5.60. The molecule has 2 heterocycles. The van der Waals surface area contributed by atoms with Gasteiger partial charge in [-0.1, -0.05) is 11.6 Å². The fourth-order valence-corrected chi connectivity index (χ4v) is 1.01. The standard InChI is InChI=1S/C7H7ClN2O2/c8-7-1-5(2-9-10-7)12-6-3-11-4-6/h1-2,6H,3-4H2. The van der Waals surface area contributed by atoms with E-state index in [2.05, 4.69) is 10.2 Å². The third-order valence-corrected chi connectivity index (χ3v) is 1.69. The second-order valence-electron chi connectivity index (χ2n) is 2.49. The average Bonchev–Trinajstić information content (AvgIpc) is 1.97.